The van der Waals surface area contributed by atoms with Gasteiger partial charge in [-0.05, 0) is 40.5 Å². The minimum atomic E-state index is -0.377. The maximum atomic E-state index is 13.5. The minimum Gasteiger partial charge on any atom is -0.438 e. The van der Waals surface area contributed by atoms with Crippen molar-refractivity contribution in [3.05, 3.63) is 51.9 Å². The first-order chi connectivity index (χ1) is 8.60. The zero-order valence-electron chi connectivity index (χ0n) is 9.78. The molecule has 1 heterocycles. The molecule has 0 amide bonds. The number of hydrogen-bond acceptors (Lipinski definition) is 3. The lowest BCUT2D eigenvalue weighted by Gasteiger charge is -2.08. The van der Waals surface area contributed by atoms with E-state index in [2.05, 4.69) is 20.9 Å². The van der Waals surface area contributed by atoms with Crippen molar-refractivity contribution in [2.75, 3.05) is 0 Å². The lowest BCUT2D eigenvalue weighted by Crippen LogP contribution is -2.00. The molecule has 0 aliphatic rings. The highest BCUT2D eigenvalue weighted by atomic mass is 79.9. The number of pyridine rings is 1. The van der Waals surface area contributed by atoms with Crippen molar-refractivity contribution in [3.8, 4) is 11.6 Å². The molecule has 0 atom stereocenters. The molecule has 5 heteroatoms. The smallest absolute Gasteiger partial charge is 0.233 e. The van der Waals surface area contributed by atoms with Gasteiger partial charge in [0.1, 0.15) is 11.6 Å². The number of ether oxygens (including phenoxy) is 1. The summed E-state index contributed by atoms with van der Waals surface area (Å²) < 4.78 is 19.8. The standard InChI is InChI=1S/C13H12BrFN2O/c1-8-4-11(14)13(17-7-8)18-10-3-2-9(6-16)12(15)5-10/h2-5,7H,6,16H2,1H3. The second-order valence-corrected chi connectivity index (χ2v) is 4.71. The third-order valence-electron chi connectivity index (χ3n) is 2.40. The van der Waals surface area contributed by atoms with Gasteiger partial charge in [0, 0.05) is 24.4 Å². The van der Waals surface area contributed by atoms with Crippen molar-refractivity contribution in [1.82, 2.24) is 4.98 Å². The van der Waals surface area contributed by atoms with Crippen molar-refractivity contribution < 1.29 is 9.13 Å². The number of hydrogen-bond donors (Lipinski definition) is 1. The van der Waals surface area contributed by atoms with Crippen molar-refractivity contribution in [2.24, 2.45) is 5.73 Å². The molecule has 0 radical (unpaired) electrons. The average molecular weight is 311 g/mol. The molecule has 18 heavy (non-hydrogen) atoms. The van der Waals surface area contributed by atoms with E-state index in [-0.39, 0.29) is 12.4 Å². The van der Waals surface area contributed by atoms with Crippen LogP contribution in [0.15, 0.2) is 34.9 Å². The largest absolute Gasteiger partial charge is 0.438 e. The number of halogens is 2. The first-order valence-corrected chi connectivity index (χ1v) is 6.18. The Hall–Kier alpha value is -1.46. The van der Waals surface area contributed by atoms with Gasteiger partial charge in [0.15, 0.2) is 0 Å². The van der Waals surface area contributed by atoms with Crippen molar-refractivity contribution >= 4 is 15.9 Å². The number of aryl methyl sites for hydroxylation is 1. The van der Waals surface area contributed by atoms with Crippen LogP contribution in [0.3, 0.4) is 0 Å². The predicted octanol–water partition coefficient (Wildman–Crippen LogP) is 3.54. The van der Waals surface area contributed by atoms with Gasteiger partial charge in [0.25, 0.3) is 0 Å². The number of benzene rings is 1. The summed E-state index contributed by atoms with van der Waals surface area (Å²) in [7, 11) is 0. The van der Waals surface area contributed by atoms with Crippen LogP contribution < -0.4 is 10.5 Å². The summed E-state index contributed by atoms with van der Waals surface area (Å²) in [6.45, 7) is 2.09. The molecule has 0 aliphatic heterocycles. The molecule has 2 aromatic rings. The van der Waals surface area contributed by atoms with E-state index in [1.807, 2.05) is 13.0 Å². The van der Waals surface area contributed by atoms with E-state index in [0.29, 0.717) is 17.2 Å². The maximum Gasteiger partial charge on any atom is 0.233 e. The van der Waals surface area contributed by atoms with Gasteiger partial charge in [-0.1, -0.05) is 6.07 Å². The molecule has 0 fully saturated rings. The lowest BCUT2D eigenvalue weighted by molar-refractivity contribution is 0.454. The van der Waals surface area contributed by atoms with E-state index >= 15 is 0 Å². The van der Waals surface area contributed by atoms with Crippen LogP contribution >= 0.6 is 15.9 Å². The fourth-order valence-electron chi connectivity index (χ4n) is 1.46. The number of nitrogens with zero attached hydrogens (tertiary/aromatic N) is 1. The van der Waals surface area contributed by atoms with Crippen LogP contribution in [0.5, 0.6) is 11.6 Å². The Bertz CT molecular complexity index is 575. The third-order valence-corrected chi connectivity index (χ3v) is 2.97. The van der Waals surface area contributed by atoms with E-state index in [4.69, 9.17) is 10.5 Å². The van der Waals surface area contributed by atoms with E-state index in [9.17, 15) is 4.39 Å². The SMILES string of the molecule is Cc1cnc(Oc2ccc(CN)c(F)c2)c(Br)c1. The fourth-order valence-corrected chi connectivity index (χ4v) is 2.01. The molecule has 0 unspecified atom stereocenters. The van der Waals surface area contributed by atoms with Gasteiger partial charge in [0.2, 0.25) is 5.88 Å². The molecular formula is C13H12BrFN2O. The van der Waals surface area contributed by atoms with Gasteiger partial charge in [-0.2, -0.15) is 0 Å². The van der Waals surface area contributed by atoms with Crippen molar-refractivity contribution in [1.29, 1.82) is 0 Å². The molecule has 0 bridgehead atoms. The summed E-state index contributed by atoms with van der Waals surface area (Å²) in [6, 6.07) is 6.45. The van der Waals surface area contributed by atoms with Crippen molar-refractivity contribution in [2.45, 2.75) is 13.5 Å². The molecule has 0 aliphatic carbocycles. The fraction of sp³-hybridized carbons (Fsp3) is 0.154. The van der Waals surface area contributed by atoms with E-state index in [0.717, 1.165) is 10.0 Å². The molecule has 3 nitrogen and oxygen atoms in total. The van der Waals surface area contributed by atoms with Crippen LogP contribution in [-0.4, -0.2) is 4.98 Å². The first kappa shape index (κ1) is 13.0. The average Bonchev–Trinajstić information content (AvgIpc) is 2.33. The Kier molecular flexibility index (Phi) is 3.93. The van der Waals surface area contributed by atoms with E-state index in [1.54, 1.807) is 18.3 Å². The molecule has 0 spiro atoms. The highest BCUT2D eigenvalue weighted by Crippen LogP contribution is 2.28. The summed E-state index contributed by atoms with van der Waals surface area (Å²) in [4.78, 5) is 4.13. The van der Waals surface area contributed by atoms with Gasteiger partial charge in [-0.25, -0.2) is 9.37 Å². The Morgan fingerprint density at radius 3 is 2.78 bits per heavy atom. The molecule has 2 N–H and O–H groups in total. The Morgan fingerprint density at radius 2 is 2.17 bits per heavy atom. The van der Waals surface area contributed by atoms with Crippen LogP contribution in [-0.2, 0) is 6.54 Å². The van der Waals surface area contributed by atoms with Crippen LogP contribution in [0.4, 0.5) is 4.39 Å². The highest BCUT2D eigenvalue weighted by Gasteiger charge is 2.07. The van der Waals surface area contributed by atoms with Crippen LogP contribution in [0.1, 0.15) is 11.1 Å². The molecular weight excluding hydrogens is 299 g/mol. The molecule has 1 aromatic heterocycles. The van der Waals surface area contributed by atoms with Gasteiger partial charge in [-0.3, -0.25) is 0 Å². The van der Waals surface area contributed by atoms with E-state index in [1.165, 1.54) is 6.07 Å². The molecule has 0 saturated carbocycles. The van der Waals surface area contributed by atoms with Crippen molar-refractivity contribution in [3.63, 3.8) is 0 Å². The topological polar surface area (TPSA) is 48.1 Å². The summed E-state index contributed by atoms with van der Waals surface area (Å²) in [5.41, 5.74) is 6.86. The van der Waals surface area contributed by atoms with Crippen LogP contribution in [0.25, 0.3) is 0 Å². The van der Waals surface area contributed by atoms with Gasteiger partial charge in [0.05, 0.1) is 4.47 Å². The number of aromatic nitrogens is 1. The number of rotatable bonds is 3. The first-order valence-electron chi connectivity index (χ1n) is 5.38. The highest BCUT2D eigenvalue weighted by molar-refractivity contribution is 9.10. The van der Waals surface area contributed by atoms with Crippen LogP contribution in [0, 0.1) is 12.7 Å². The summed E-state index contributed by atoms with van der Waals surface area (Å²) in [5.74, 6) is 0.417. The summed E-state index contributed by atoms with van der Waals surface area (Å²) in [6.07, 6.45) is 1.69. The summed E-state index contributed by atoms with van der Waals surface area (Å²) in [5, 5.41) is 0. The third kappa shape index (κ3) is 2.86. The second kappa shape index (κ2) is 5.46. The zero-order valence-corrected chi connectivity index (χ0v) is 11.4. The normalized spacial score (nSPS) is 10.4. The Labute approximate surface area is 113 Å². The number of nitrogens with two attached hydrogens (primary N) is 1. The second-order valence-electron chi connectivity index (χ2n) is 3.86. The van der Waals surface area contributed by atoms with Crippen LogP contribution in [0.2, 0.25) is 0 Å². The molecule has 94 valence electrons. The molecule has 2 rings (SSSR count). The van der Waals surface area contributed by atoms with Gasteiger partial charge in [-0.15, -0.1) is 0 Å². The maximum absolute atomic E-state index is 13.5. The van der Waals surface area contributed by atoms with E-state index < -0.39 is 0 Å². The zero-order chi connectivity index (χ0) is 13.1. The molecule has 1 aromatic carbocycles. The monoisotopic (exact) mass is 310 g/mol. The lowest BCUT2D eigenvalue weighted by atomic mass is 10.2. The van der Waals surface area contributed by atoms with Gasteiger partial charge >= 0.3 is 0 Å². The Morgan fingerprint density at radius 1 is 1.39 bits per heavy atom. The minimum absolute atomic E-state index is 0.165. The summed E-state index contributed by atoms with van der Waals surface area (Å²) >= 11 is 3.35. The molecule has 0 saturated heterocycles. The Balaban J connectivity index is 2.26. The predicted molar refractivity (Wildman–Crippen MR) is 71.0 cm³/mol. The van der Waals surface area contributed by atoms with Gasteiger partial charge < -0.3 is 10.5 Å². The quantitative estimate of drug-likeness (QED) is 0.943.